The molecular weight excluding hydrogens is 211 g/mol. The van der Waals surface area contributed by atoms with Crippen molar-refractivity contribution < 1.29 is 0 Å². The number of hydrogen-bond acceptors (Lipinski definition) is 0. The standard InChI is InChI=1S/C15H31P/c1-13(2)12-16-11-7-10-15-9-6-4-5-8-14(15)3/h13-16H,4-12H2,1-3H3. The minimum Gasteiger partial charge on any atom is -0.122 e. The Labute approximate surface area is 105 Å². The van der Waals surface area contributed by atoms with E-state index in [-0.39, 0.29) is 0 Å². The van der Waals surface area contributed by atoms with Crippen LogP contribution in [0.4, 0.5) is 0 Å². The first-order valence-corrected chi connectivity index (χ1v) is 8.82. The van der Waals surface area contributed by atoms with Gasteiger partial charge in [0.15, 0.2) is 0 Å². The lowest BCUT2D eigenvalue weighted by atomic mass is 9.86. The topological polar surface area (TPSA) is 0 Å². The lowest BCUT2D eigenvalue weighted by molar-refractivity contribution is 0.315. The summed E-state index contributed by atoms with van der Waals surface area (Å²) < 4.78 is 0. The van der Waals surface area contributed by atoms with Gasteiger partial charge in [-0.3, -0.25) is 0 Å². The molecule has 16 heavy (non-hydrogen) atoms. The lowest BCUT2D eigenvalue weighted by Gasteiger charge is -2.21. The molecule has 0 saturated heterocycles. The zero-order valence-electron chi connectivity index (χ0n) is 11.6. The predicted molar refractivity (Wildman–Crippen MR) is 77.9 cm³/mol. The van der Waals surface area contributed by atoms with Crippen LogP contribution in [0.3, 0.4) is 0 Å². The van der Waals surface area contributed by atoms with Crippen molar-refractivity contribution in [2.45, 2.75) is 65.7 Å². The van der Waals surface area contributed by atoms with Crippen LogP contribution in [0.2, 0.25) is 0 Å². The molecule has 0 spiro atoms. The highest BCUT2D eigenvalue weighted by Crippen LogP contribution is 2.32. The van der Waals surface area contributed by atoms with Gasteiger partial charge in [0.25, 0.3) is 0 Å². The first-order valence-electron chi connectivity index (χ1n) is 7.41. The third kappa shape index (κ3) is 6.24. The van der Waals surface area contributed by atoms with Gasteiger partial charge in [0.1, 0.15) is 0 Å². The zero-order chi connectivity index (χ0) is 11.8. The van der Waals surface area contributed by atoms with Gasteiger partial charge in [-0.15, -0.1) is 8.58 Å². The predicted octanol–water partition coefficient (Wildman–Crippen LogP) is 5.32. The van der Waals surface area contributed by atoms with Gasteiger partial charge in [0.05, 0.1) is 0 Å². The molecule has 1 aliphatic carbocycles. The van der Waals surface area contributed by atoms with Gasteiger partial charge >= 0.3 is 0 Å². The minimum atomic E-state index is 0.912. The molecule has 1 fully saturated rings. The van der Waals surface area contributed by atoms with Crippen LogP contribution in [-0.4, -0.2) is 12.3 Å². The Bertz CT molecular complexity index is 165. The minimum absolute atomic E-state index is 0.912. The second kappa shape index (κ2) is 8.51. The van der Waals surface area contributed by atoms with Crippen LogP contribution >= 0.6 is 8.58 Å². The molecule has 0 aromatic heterocycles. The second-order valence-electron chi connectivity index (χ2n) is 6.12. The molecule has 1 rings (SSSR count). The molecule has 0 heterocycles. The van der Waals surface area contributed by atoms with E-state index < -0.39 is 0 Å². The van der Waals surface area contributed by atoms with E-state index in [1.807, 2.05) is 0 Å². The van der Waals surface area contributed by atoms with Gasteiger partial charge in [-0.25, -0.2) is 0 Å². The quantitative estimate of drug-likeness (QED) is 0.336. The summed E-state index contributed by atoms with van der Waals surface area (Å²) in [5.74, 6) is 2.98. The van der Waals surface area contributed by atoms with E-state index in [1.54, 1.807) is 0 Å². The Morgan fingerprint density at radius 1 is 1.12 bits per heavy atom. The summed E-state index contributed by atoms with van der Waals surface area (Å²) in [7, 11) is 1.22. The van der Waals surface area contributed by atoms with Gasteiger partial charge in [0, 0.05) is 0 Å². The SMILES string of the molecule is CC(C)CPCCCC1CCCCCC1C. The first kappa shape index (κ1) is 14.5. The fourth-order valence-corrected chi connectivity index (χ4v) is 4.11. The summed E-state index contributed by atoms with van der Waals surface area (Å²) in [6.07, 6.45) is 13.5. The van der Waals surface area contributed by atoms with E-state index in [2.05, 4.69) is 20.8 Å². The van der Waals surface area contributed by atoms with E-state index >= 15 is 0 Å². The zero-order valence-corrected chi connectivity index (χ0v) is 12.6. The maximum Gasteiger partial charge on any atom is -0.0330 e. The molecule has 1 heteroatoms. The molecule has 0 aliphatic heterocycles. The van der Waals surface area contributed by atoms with Crippen molar-refractivity contribution in [3.8, 4) is 0 Å². The summed E-state index contributed by atoms with van der Waals surface area (Å²) >= 11 is 0. The Kier molecular flexibility index (Phi) is 7.71. The highest BCUT2D eigenvalue weighted by molar-refractivity contribution is 7.37. The van der Waals surface area contributed by atoms with Crippen LogP contribution < -0.4 is 0 Å². The van der Waals surface area contributed by atoms with Crippen LogP contribution in [0.15, 0.2) is 0 Å². The lowest BCUT2D eigenvalue weighted by Crippen LogP contribution is -2.10. The maximum absolute atomic E-state index is 2.49. The van der Waals surface area contributed by atoms with E-state index in [0.29, 0.717) is 0 Å². The first-order chi connectivity index (χ1) is 7.70. The van der Waals surface area contributed by atoms with Crippen LogP contribution in [-0.2, 0) is 0 Å². The van der Waals surface area contributed by atoms with Crippen LogP contribution in [0.5, 0.6) is 0 Å². The molecule has 0 nitrogen and oxygen atoms in total. The fraction of sp³-hybridized carbons (Fsp3) is 1.00. The van der Waals surface area contributed by atoms with Gasteiger partial charge in [0.2, 0.25) is 0 Å². The maximum atomic E-state index is 2.49. The largest absolute Gasteiger partial charge is 0.122 e. The van der Waals surface area contributed by atoms with Crippen molar-refractivity contribution in [1.29, 1.82) is 0 Å². The van der Waals surface area contributed by atoms with Gasteiger partial charge in [-0.1, -0.05) is 52.9 Å². The smallest absolute Gasteiger partial charge is 0.0330 e. The molecular formula is C15H31P. The summed E-state index contributed by atoms with van der Waals surface area (Å²) in [4.78, 5) is 0. The van der Waals surface area contributed by atoms with Crippen molar-refractivity contribution in [2.75, 3.05) is 12.3 Å². The summed E-state index contributed by atoms with van der Waals surface area (Å²) in [6, 6.07) is 0. The van der Waals surface area contributed by atoms with Crippen LogP contribution in [0.25, 0.3) is 0 Å². The Morgan fingerprint density at radius 3 is 2.62 bits per heavy atom. The Hall–Kier alpha value is 0.430. The Morgan fingerprint density at radius 2 is 1.88 bits per heavy atom. The van der Waals surface area contributed by atoms with Crippen LogP contribution in [0, 0.1) is 17.8 Å². The molecule has 96 valence electrons. The molecule has 0 aromatic rings. The van der Waals surface area contributed by atoms with E-state index in [1.165, 1.54) is 65.9 Å². The molecule has 3 unspecified atom stereocenters. The highest BCUT2D eigenvalue weighted by atomic mass is 31.1. The van der Waals surface area contributed by atoms with Gasteiger partial charge in [-0.2, -0.15) is 0 Å². The fourth-order valence-electron chi connectivity index (χ4n) is 2.88. The highest BCUT2D eigenvalue weighted by Gasteiger charge is 2.18. The van der Waals surface area contributed by atoms with Crippen molar-refractivity contribution in [1.82, 2.24) is 0 Å². The normalized spacial score (nSPS) is 27.8. The van der Waals surface area contributed by atoms with Crippen LogP contribution in [0.1, 0.15) is 65.7 Å². The number of rotatable bonds is 6. The molecule has 0 amide bonds. The van der Waals surface area contributed by atoms with E-state index in [9.17, 15) is 0 Å². The second-order valence-corrected chi connectivity index (χ2v) is 7.52. The van der Waals surface area contributed by atoms with Crippen molar-refractivity contribution in [3.05, 3.63) is 0 Å². The van der Waals surface area contributed by atoms with Crippen molar-refractivity contribution in [2.24, 2.45) is 17.8 Å². The average molecular weight is 242 g/mol. The third-order valence-corrected chi connectivity index (χ3v) is 5.83. The monoisotopic (exact) mass is 242 g/mol. The molecule has 0 N–H and O–H groups in total. The van der Waals surface area contributed by atoms with E-state index in [0.717, 1.165) is 17.8 Å². The number of hydrogen-bond donors (Lipinski definition) is 0. The van der Waals surface area contributed by atoms with Gasteiger partial charge in [-0.05, 0) is 42.9 Å². The molecule has 3 atom stereocenters. The molecule has 0 bridgehead atoms. The summed E-state index contributed by atoms with van der Waals surface area (Å²) in [5, 5.41) is 0. The van der Waals surface area contributed by atoms with Gasteiger partial charge < -0.3 is 0 Å². The van der Waals surface area contributed by atoms with Crippen molar-refractivity contribution in [3.63, 3.8) is 0 Å². The molecule has 1 saturated carbocycles. The molecule has 1 aliphatic rings. The average Bonchev–Trinajstić information content (AvgIpc) is 2.43. The Balaban J connectivity index is 2.06. The van der Waals surface area contributed by atoms with E-state index in [4.69, 9.17) is 0 Å². The summed E-state index contributed by atoms with van der Waals surface area (Å²) in [6.45, 7) is 7.19. The third-order valence-electron chi connectivity index (χ3n) is 4.02. The summed E-state index contributed by atoms with van der Waals surface area (Å²) in [5.41, 5.74) is 0. The molecule has 0 aromatic carbocycles. The van der Waals surface area contributed by atoms with Crippen molar-refractivity contribution >= 4 is 8.58 Å². The molecule has 0 radical (unpaired) electrons.